The van der Waals surface area contributed by atoms with Crippen LogP contribution in [0.4, 0.5) is 8.78 Å². The molecule has 1 heterocycles. The van der Waals surface area contributed by atoms with Gasteiger partial charge in [-0.2, -0.15) is 0 Å². The molecule has 0 bridgehead atoms. The molecule has 0 atom stereocenters. The minimum Gasteiger partial charge on any atom is -0.492 e. The maximum Gasteiger partial charge on any atom is 0.194 e. The summed E-state index contributed by atoms with van der Waals surface area (Å²) in [6.07, 6.45) is 0. The van der Waals surface area contributed by atoms with E-state index in [9.17, 15) is 8.78 Å². The van der Waals surface area contributed by atoms with Crippen LogP contribution < -0.4 is 10.1 Å². The Morgan fingerprint density at radius 1 is 1.36 bits per heavy atom. The van der Waals surface area contributed by atoms with Crippen LogP contribution in [0.5, 0.6) is 5.75 Å². The lowest BCUT2D eigenvalue weighted by atomic mass is 10.3. The van der Waals surface area contributed by atoms with E-state index in [0.717, 1.165) is 35.3 Å². The summed E-state index contributed by atoms with van der Waals surface area (Å²) in [4.78, 5) is 10.9. The molecule has 0 aliphatic rings. The summed E-state index contributed by atoms with van der Waals surface area (Å²) in [6, 6.07) is 3.46. The fraction of sp³-hybridized carbons (Fsp3) is 0.412. The van der Waals surface area contributed by atoms with Gasteiger partial charge in [-0.3, -0.25) is 0 Å². The normalized spacial score (nSPS) is 11.5. The molecule has 0 saturated heterocycles. The quantitative estimate of drug-likeness (QED) is 0.463. The van der Waals surface area contributed by atoms with Crippen LogP contribution in [0.25, 0.3) is 0 Å². The molecule has 25 heavy (non-hydrogen) atoms. The van der Waals surface area contributed by atoms with E-state index in [1.54, 1.807) is 11.3 Å². The average Bonchev–Trinajstić information content (AvgIpc) is 2.98. The van der Waals surface area contributed by atoms with Crippen LogP contribution in [0.15, 0.2) is 28.6 Å². The van der Waals surface area contributed by atoms with Crippen molar-refractivity contribution in [2.45, 2.75) is 20.4 Å². The highest BCUT2D eigenvalue weighted by atomic mass is 32.1. The van der Waals surface area contributed by atoms with E-state index in [4.69, 9.17) is 4.74 Å². The van der Waals surface area contributed by atoms with Crippen LogP contribution >= 0.6 is 11.3 Å². The van der Waals surface area contributed by atoms with E-state index in [1.165, 1.54) is 6.07 Å². The Bertz CT molecular complexity index is 720. The van der Waals surface area contributed by atoms with Gasteiger partial charge < -0.3 is 15.0 Å². The van der Waals surface area contributed by atoms with E-state index >= 15 is 0 Å². The summed E-state index contributed by atoms with van der Waals surface area (Å²) in [5, 5.41) is 6.27. The molecule has 0 amide bonds. The van der Waals surface area contributed by atoms with Gasteiger partial charge in [-0.1, -0.05) is 0 Å². The van der Waals surface area contributed by atoms with Crippen molar-refractivity contribution in [1.82, 2.24) is 15.2 Å². The van der Waals surface area contributed by atoms with Crippen molar-refractivity contribution < 1.29 is 13.5 Å². The van der Waals surface area contributed by atoms with E-state index in [1.807, 2.05) is 31.2 Å². The van der Waals surface area contributed by atoms with Gasteiger partial charge in [0.25, 0.3) is 0 Å². The number of ether oxygens (including phenoxy) is 1. The zero-order valence-corrected chi connectivity index (χ0v) is 15.4. The molecule has 1 N–H and O–H groups in total. The monoisotopic (exact) mass is 368 g/mol. The van der Waals surface area contributed by atoms with Crippen molar-refractivity contribution in [2.75, 3.05) is 26.7 Å². The standard InChI is InChI=1S/C17H22F2N4OS/c1-4-20-17(23(3)10-13-11-25-12(2)22-13)21-7-8-24-14-5-6-15(18)16(19)9-14/h5-6,9,11H,4,7-8,10H2,1-3H3,(H,20,21). The summed E-state index contributed by atoms with van der Waals surface area (Å²) in [5.41, 5.74) is 0.994. The van der Waals surface area contributed by atoms with Gasteiger partial charge in [0.15, 0.2) is 17.6 Å². The Balaban J connectivity index is 1.88. The molecule has 5 nitrogen and oxygen atoms in total. The number of hydrogen-bond acceptors (Lipinski definition) is 4. The predicted octanol–water partition coefficient (Wildman–Crippen LogP) is 3.21. The molecule has 8 heteroatoms. The number of nitrogens with one attached hydrogen (secondary N) is 1. The molecule has 0 unspecified atom stereocenters. The first-order chi connectivity index (χ1) is 12.0. The highest BCUT2D eigenvalue weighted by Crippen LogP contribution is 2.15. The van der Waals surface area contributed by atoms with Crippen LogP contribution in [0, 0.1) is 18.6 Å². The van der Waals surface area contributed by atoms with Gasteiger partial charge in [0.1, 0.15) is 12.4 Å². The number of thiazole rings is 1. The number of nitrogens with zero attached hydrogens (tertiary/aromatic N) is 3. The topological polar surface area (TPSA) is 49.8 Å². The van der Waals surface area contributed by atoms with E-state index < -0.39 is 11.6 Å². The van der Waals surface area contributed by atoms with Crippen molar-refractivity contribution in [3.8, 4) is 5.75 Å². The summed E-state index contributed by atoms with van der Waals surface area (Å²) < 4.78 is 31.4. The first kappa shape index (κ1) is 19.1. The number of aromatic nitrogens is 1. The average molecular weight is 368 g/mol. The largest absolute Gasteiger partial charge is 0.492 e. The lowest BCUT2D eigenvalue weighted by Gasteiger charge is -2.21. The molecule has 1 aromatic heterocycles. The van der Waals surface area contributed by atoms with Crippen LogP contribution in [0.3, 0.4) is 0 Å². The third-order valence-corrected chi connectivity index (χ3v) is 4.10. The Hall–Kier alpha value is -2.22. The number of halogens is 2. The van der Waals surface area contributed by atoms with Gasteiger partial charge in [0.05, 0.1) is 23.8 Å². The maximum atomic E-state index is 13.1. The maximum absolute atomic E-state index is 13.1. The summed E-state index contributed by atoms with van der Waals surface area (Å²) >= 11 is 1.62. The summed E-state index contributed by atoms with van der Waals surface area (Å²) in [5.74, 6) is -0.793. The zero-order valence-electron chi connectivity index (χ0n) is 14.6. The highest BCUT2D eigenvalue weighted by molar-refractivity contribution is 7.09. The molecule has 0 aliphatic carbocycles. The molecule has 1 aromatic carbocycles. The number of benzene rings is 1. The second-order valence-electron chi connectivity index (χ2n) is 5.37. The Morgan fingerprint density at radius 2 is 2.16 bits per heavy atom. The SMILES string of the molecule is CCNC(=NCCOc1ccc(F)c(F)c1)N(C)Cc1csc(C)n1. The molecule has 0 aliphatic heterocycles. The summed E-state index contributed by atoms with van der Waals surface area (Å²) in [7, 11) is 1.94. The number of aryl methyl sites for hydroxylation is 1. The minimum atomic E-state index is -0.923. The molecule has 0 spiro atoms. The smallest absolute Gasteiger partial charge is 0.194 e. The number of hydrogen-bond donors (Lipinski definition) is 1. The lowest BCUT2D eigenvalue weighted by molar-refractivity contribution is 0.324. The fourth-order valence-electron chi connectivity index (χ4n) is 2.15. The van der Waals surface area contributed by atoms with E-state index in [-0.39, 0.29) is 12.4 Å². The van der Waals surface area contributed by atoms with Crippen LogP contribution in [0.1, 0.15) is 17.6 Å². The Labute approximate surface area is 150 Å². The summed E-state index contributed by atoms with van der Waals surface area (Å²) in [6.45, 7) is 6.02. The first-order valence-electron chi connectivity index (χ1n) is 7.98. The lowest BCUT2D eigenvalue weighted by Crippen LogP contribution is -2.38. The van der Waals surface area contributed by atoms with Gasteiger partial charge in [-0.25, -0.2) is 18.8 Å². The number of aliphatic imine (C=N–C) groups is 1. The van der Waals surface area contributed by atoms with E-state index in [2.05, 4.69) is 15.3 Å². The molecule has 2 aromatic rings. The van der Waals surface area contributed by atoms with Gasteiger partial charge >= 0.3 is 0 Å². The molecule has 2 rings (SSSR count). The van der Waals surface area contributed by atoms with Crippen LogP contribution in [-0.2, 0) is 6.54 Å². The van der Waals surface area contributed by atoms with Crippen molar-refractivity contribution in [1.29, 1.82) is 0 Å². The molecule has 0 radical (unpaired) electrons. The fourth-order valence-corrected chi connectivity index (χ4v) is 2.75. The number of guanidine groups is 1. The first-order valence-corrected chi connectivity index (χ1v) is 8.86. The Morgan fingerprint density at radius 3 is 2.80 bits per heavy atom. The third kappa shape index (κ3) is 5.97. The van der Waals surface area contributed by atoms with Crippen molar-refractivity contribution in [2.24, 2.45) is 4.99 Å². The van der Waals surface area contributed by atoms with Crippen molar-refractivity contribution in [3.05, 3.63) is 45.9 Å². The third-order valence-electron chi connectivity index (χ3n) is 3.27. The van der Waals surface area contributed by atoms with Gasteiger partial charge in [-0.15, -0.1) is 11.3 Å². The van der Waals surface area contributed by atoms with Gasteiger partial charge in [-0.05, 0) is 26.0 Å². The van der Waals surface area contributed by atoms with Gasteiger partial charge in [0, 0.05) is 25.0 Å². The molecule has 0 saturated carbocycles. The van der Waals surface area contributed by atoms with Gasteiger partial charge in [0.2, 0.25) is 0 Å². The highest BCUT2D eigenvalue weighted by Gasteiger charge is 2.08. The van der Waals surface area contributed by atoms with Crippen molar-refractivity contribution >= 4 is 17.3 Å². The van der Waals surface area contributed by atoms with Crippen molar-refractivity contribution in [3.63, 3.8) is 0 Å². The van der Waals surface area contributed by atoms with E-state index in [0.29, 0.717) is 13.1 Å². The molecular weight excluding hydrogens is 346 g/mol. The molecule has 136 valence electrons. The Kier molecular flexibility index (Phi) is 7.12. The molecular formula is C17H22F2N4OS. The number of rotatable bonds is 7. The molecule has 0 fully saturated rings. The predicted molar refractivity (Wildman–Crippen MR) is 96.1 cm³/mol. The van der Waals surface area contributed by atoms with Crippen LogP contribution in [-0.4, -0.2) is 42.6 Å². The minimum absolute atomic E-state index is 0.267. The second-order valence-corrected chi connectivity index (χ2v) is 6.44. The second kappa shape index (κ2) is 9.31. The van der Waals surface area contributed by atoms with Crippen LogP contribution in [0.2, 0.25) is 0 Å². The zero-order chi connectivity index (χ0) is 18.2.